The Balaban J connectivity index is 1.90. The molecule has 0 amide bonds. The van der Waals surface area contributed by atoms with Crippen LogP contribution in [0.4, 0.5) is 5.82 Å². The number of anilines is 1. The number of halogens is 2. The first-order valence-electron chi connectivity index (χ1n) is 6.58. The average Bonchev–Trinajstić information content (AvgIpc) is 3.17. The molecule has 3 aromatic rings. The van der Waals surface area contributed by atoms with Gasteiger partial charge in [-0.2, -0.15) is 16.4 Å². The number of nitrogens with one attached hydrogen (secondary N) is 1. The van der Waals surface area contributed by atoms with Crippen molar-refractivity contribution in [1.29, 1.82) is 0 Å². The lowest BCUT2D eigenvalue weighted by molar-refractivity contribution is 0.883. The summed E-state index contributed by atoms with van der Waals surface area (Å²) in [7, 11) is 0. The smallest absolute Gasteiger partial charge is 0.133 e. The Kier molecular flexibility index (Phi) is 3.17. The SMILES string of the molecule is Clc1ccc(-n2nc(-c3ccsc3)c3c2NCC3)cc1Cl. The molecule has 6 heteroatoms. The van der Waals surface area contributed by atoms with Crippen LogP contribution in [-0.2, 0) is 6.42 Å². The molecule has 1 N–H and O–H groups in total. The van der Waals surface area contributed by atoms with E-state index < -0.39 is 0 Å². The first kappa shape index (κ1) is 13.2. The topological polar surface area (TPSA) is 29.9 Å². The van der Waals surface area contributed by atoms with Crippen molar-refractivity contribution in [3.63, 3.8) is 0 Å². The average molecular weight is 336 g/mol. The molecule has 0 radical (unpaired) electrons. The first-order chi connectivity index (χ1) is 10.2. The van der Waals surface area contributed by atoms with Crippen molar-refractivity contribution < 1.29 is 0 Å². The van der Waals surface area contributed by atoms with Gasteiger partial charge in [-0.05, 0) is 36.1 Å². The molecule has 2 aromatic heterocycles. The Morgan fingerprint density at radius 1 is 1.19 bits per heavy atom. The third kappa shape index (κ3) is 2.14. The summed E-state index contributed by atoms with van der Waals surface area (Å²) >= 11 is 13.8. The van der Waals surface area contributed by atoms with Crippen LogP contribution >= 0.6 is 34.5 Å². The fourth-order valence-corrected chi connectivity index (χ4v) is 3.54. The molecule has 1 aliphatic rings. The van der Waals surface area contributed by atoms with Gasteiger partial charge in [0.05, 0.1) is 21.4 Å². The van der Waals surface area contributed by atoms with Crippen LogP contribution in [0.15, 0.2) is 35.0 Å². The van der Waals surface area contributed by atoms with Gasteiger partial charge < -0.3 is 5.32 Å². The van der Waals surface area contributed by atoms with E-state index in [-0.39, 0.29) is 0 Å². The molecule has 1 aromatic carbocycles. The molecule has 0 aliphatic carbocycles. The van der Waals surface area contributed by atoms with Crippen LogP contribution in [0.2, 0.25) is 10.0 Å². The Morgan fingerprint density at radius 3 is 2.86 bits per heavy atom. The van der Waals surface area contributed by atoms with E-state index in [0.717, 1.165) is 30.2 Å². The zero-order valence-electron chi connectivity index (χ0n) is 10.9. The summed E-state index contributed by atoms with van der Waals surface area (Å²) in [5.74, 6) is 1.05. The van der Waals surface area contributed by atoms with Crippen molar-refractivity contribution in [3.8, 4) is 16.9 Å². The fourth-order valence-electron chi connectivity index (χ4n) is 2.61. The minimum atomic E-state index is 0.536. The normalized spacial score (nSPS) is 13.2. The van der Waals surface area contributed by atoms with E-state index in [4.69, 9.17) is 28.3 Å². The van der Waals surface area contributed by atoms with Gasteiger partial charge in [-0.15, -0.1) is 0 Å². The molecule has 0 bridgehead atoms. The maximum atomic E-state index is 6.13. The number of aromatic nitrogens is 2. The number of hydrogen-bond acceptors (Lipinski definition) is 3. The van der Waals surface area contributed by atoms with E-state index in [1.165, 1.54) is 11.1 Å². The second kappa shape index (κ2) is 5.05. The van der Waals surface area contributed by atoms with Crippen molar-refractivity contribution in [2.75, 3.05) is 11.9 Å². The van der Waals surface area contributed by atoms with Gasteiger partial charge in [0.25, 0.3) is 0 Å². The van der Waals surface area contributed by atoms with Crippen molar-refractivity contribution in [3.05, 3.63) is 50.6 Å². The second-order valence-electron chi connectivity index (χ2n) is 4.87. The Labute approximate surface area is 136 Å². The zero-order valence-corrected chi connectivity index (χ0v) is 13.3. The number of nitrogens with zero attached hydrogens (tertiary/aromatic N) is 2. The highest BCUT2D eigenvalue weighted by Gasteiger charge is 2.24. The van der Waals surface area contributed by atoms with Crippen LogP contribution in [0.5, 0.6) is 0 Å². The molecular weight excluding hydrogens is 325 g/mol. The molecule has 0 fully saturated rings. The number of thiophene rings is 1. The van der Waals surface area contributed by atoms with Gasteiger partial charge in [-0.25, -0.2) is 4.68 Å². The molecule has 3 nitrogen and oxygen atoms in total. The number of rotatable bonds is 2. The highest BCUT2D eigenvalue weighted by atomic mass is 35.5. The standard InChI is InChI=1S/C15H11Cl2N3S/c16-12-2-1-10(7-13(12)17)20-15-11(3-5-18-15)14(19-20)9-4-6-21-8-9/h1-2,4,6-8,18H,3,5H2. The second-order valence-corrected chi connectivity index (χ2v) is 6.47. The predicted octanol–water partition coefficient (Wildman–Crippen LogP) is 4.88. The van der Waals surface area contributed by atoms with Crippen molar-refractivity contribution in [2.24, 2.45) is 0 Å². The van der Waals surface area contributed by atoms with E-state index in [0.29, 0.717) is 10.0 Å². The molecule has 4 rings (SSSR count). The molecule has 0 atom stereocenters. The maximum absolute atomic E-state index is 6.13. The summed E-state index contributed by atoms with van der Waals surface area (Å²) in [4.78, 5) is 0. The monoisotopic (exact) mass is 335 g/mol. The molecule has 1 aliphatic heterocycles. The minimum absolute atomic E-state index is 0.536. The lowest BCUT2D eigenvalue weighted by Crippen LogP contribution is -2.04. The molecular formula is C15H11Cl2N3S. The van der Waals surface area contributed by atoms with Gasteiger partial charge in [-0.3, -0.25) is 0 Å². The molecule has 0 unspecified atom stereocenters. The van der Waals surface area contributed by atoms with Crippen LogP contribution in [0, 0.1) is 0 Å². The maximum Gasteiger partial charge on any atom is 0.133 e. The fraction of sp³-hybridized carbons (Fsp3) is 0.133. The van der Waals surface area contributed by atoms with E-state index >= 15 is 0 Å². The van der Waals surface area contributed by atoms with E-state index in [9.17, 15) is 0 Å². The molecule has 0 saturated carbocycles. The number of hydrogen-bond donors (Lipinski definition) is 1. The third-order valence-corrected chi connectivity index (χ3v) is 5.02. The lowest BCUT2D eigenvalue weighted by Gasteiger charge is -2.07. The molecule has 0 saturated heterocycles. The van der Waals surface area contributed by atoms with Crippen LogP contribution in [0.25, 0.3) is 16.9 Å². The van der Waals surface area contributed by atoms with Crippen molar-refractivity contribution >= 4 is 40.4 Å². The van der Waals surface area contributed by atoms with Crippen LogP contribution in [0.3, 0.4) is 0 Å². The number of benzene rings is 1. The molecule has 0 spiro atoms. The molecule has 3 heterocycles. The number of fused-ring (bicyclic) bond motifs is 1. The van der Waals surface area contributed by atoms with Gasteiger partial charge in [0.15, 0.2) is 0 Å². The van der Waals surface area contributed by atoms with E-state index in [1.54, 1.807) is 17.4 Å². The van der Waals surface area contributed by atoms with E-state index in [1.807, 2.05) is 16.8 Å². The van der Waals surface area contributed by atoms with Gasteiger partial charge in [0, 0.05) is 23.1 Å². The van der Waals surface area contributed by atoms with Gasteiger partial charge in [-0.1, -0.05) is 23.2 Å². The Bertz CT molecular complexity index is 809. The highest BCUT2D eigenvalue weighted by molar-refractivity contribution is 7.08. The first-order valence-corrected chi connectivity index (χ1v) is 8.27. The van der Waals surface area contributed by atoms with Gasteiger partial charge in [0.2, 0.25) is 0 Å². The summed E-state index contributed by atoms with van der Waals surface area (Å²) in [6, 6.07) is 7.67. The van der Waals surface area contributed by atoms with Crippen LogP contribution in [-0.4, -0.2) is 16.3 Å². The summed E-state index contributed by atoms with van der Waals surface area (Å²) in [5, 5.41) is 13.5. The summed E-state index contributed by atoms with van der Waals surface area (Å²) in [6.45, 7) is 0.936. The van der Waals surface area contributed by atoms with Crippen LogP contribution < -0.4 is 5.32 Å². The lowest BCUT2D eigenvalue weighted by atomic mass is 10.1. The molecule has 106 valence electrons. The van der Waals surface area contributed by atoms with Crippen molar-refractivity contribution in [2.45, 2.75) is 6.42 Å². The summed E-state index contributed by atoms with van der Waals surface area (Å²) in [5.41, 5.74) is 4.39. The summed E-state index contributed by atoms with van der Waals surface area (Å²) in [6.07, 6.45) is 0.988. The Hall–Kier alpha value is -1.49. The highest BCUT2D eigenvalue weighted by Crippen LogP contribution is 2.36. The Morgan fingerprint density at radius 2 is 2.10 bits per heavy atom. The van der Waals surface area contributed by atoms with Crippen LogP contribution in [0.1, 0.15) is 5.56 Å². The molecule has 21 heavy (non-hydrogen) atoms. The summed E-state index contributed by atoms with van der Waals surface area (Å²) < 4.78 is 1.91. The predicted molar refractivity (Wildman–Crippen MR) is 89.1 cm³/mol. The van der Waals surface area contributed by atoms with Crippen molar-refractivity contribution in [1.82, 2.24) is 9.78 Å². The third-order valence-electron chi connectivity index (χ3n) is 3.59. The minimum Gasteiger partial charge on any atom is -0.369 e. The van der Waals surface area contributed by atoms with E-state index in [2.05, 4.69) is 22.1 Å². The zero-order chi connectivity index (χ0) is 14.4. The van der Waals surface area contributed by atoms with Gasteiger partial charge >= 0.3 is 0 Å². The van der Waals surface area contributed by atoms with Gasteiger partial charge in [0.1, 0.15) is 5.82 Å². The quantitative estimate of drug-likeness (QED) is 0.723. The largest absolute Gasteiger partial charge is 0.369 e.